The van der Waals surface area contributed by atoms with Crippen LogP contribution in [0.15, 0.2) is 45.9 Å². The van der Waals surface area contributed by atoms with Gasteiger partial charge in [-0.15, -0.1) is 0 Å². The van der Waals surface area contributed by atoms with Crippen LogP contribution < -0.4 is 25.1 Å². The molecule has 4 heterocycles. The van der Waals surface area contributed by atoms with Crippen molar-refractivity contribution in [3.05, 3.63) is 73.8 Å². The fourth-order valence-corrected chi connectivity index (χ4v) is 5.07. The Morgan fingerprint density at radius 2 is 1.94 bits per heavy atom. The number of carbonyl (C=O) groups is 2. The van der Waals surface area contributed by atoms with E-state index in [1.54, 1.807) is 26.9 Å². The number of pyridine rings is 1. The summed E-state index contributed by atoms with van der Waals surface area (Å²) in [5.74, 6) is 1.20. The minimum Gasteiger partial charge on any atom is -0.496 e. The number of hydrogen-bond acceptors (Lipinski definition) is 7. The Hall–Kier alpha value is -3.79. The zero-order valence-corrected chi connectivity index (χ0v) is 20.1. The predicted molar refractivity (Wildman–Crippen MR) is 129 cm³/mol. The molecule has 0 radical (unpaired) electrons. The Morgan fingerprint density at radius 3 is 2.74 bits per heavy atom. The molecule has 5 rings (SSSR count). The van der Waals surface area contributed by atoms with E-state index in [0.717, 1.165) is 11.1 Å². The number of rotatable bonds is 6. The van der Waals surface area contributed by atoms with Gasteiger partial charge in [-0.2, -0.15) is 11.3 Å². The van der Waals surface area contributed by atoms with Crippen LogP contribution in [-0.4, -0.2) is 48.3 Å². The molecule has 9 nitrogen and oxygen atoms in total. The summed E-state index contributed by atoms with van der Waals surface area (Å²) in [5, 5.41) is 6.83. The number of carbonyl (C=O) groups excluding carboxylic acids is 2. The van der Waals surface area contributed by atoms with Crippen LogP contribution in [0.2, 0.25) is 0 Å². The molecule has 0 atom stereocenters. The number of nitrogens with one attached hydrogen (secondary N) is 1. The van der Waals surface area contributed by atoms with Gasteiger partial charge in [0.05, 0.1) is 13.5 Å². The van der Waals surface area contributed by atoms with Crippen LogP contribution >= 0.6 is 11.3 Å². The van der Waals surface area contributed by atoms with Crippen molar-refractivity contribution in [1.29, 1.82) is 0 Å². The number of hydrogen-bond donors (Lipinski definition) is 1. The fraction of sp³-hybridized carbons (Fsp3) is 0.320. The number of fused-ring (bicyclic) bond motifs is 2. The molecule has 0 aliphatic carbocycles. The quantitative estimate of drug-likeness (QED) is 0.563. The van der Waals surface area contributed by atoms with E-state index in [2.05, 4.69) is 5.32 Å². The first-order valence-corrected chi connectivity index (χ1v) is 12.2. The zero-order chi connectivity index (χ0) is 24.4. The van der Waals surface area contributed by atoms with Gasteiger partial charge in [-0.1, -0.05) is 6.07 Å². The monoisotopic (exact) mass is 495 g/mol. The van der Waals surface area contributed by atoms with E-state index >= 15 is 0 Å². The number of nitrogens with zero attached hydrogens (tertiary/aromatic N) is 2. The summed E-state index contributed by atoms with van der Waals surface area (Å²) in [5.41, 5.74) is 2.47. The number of methoxy groups -OCH3 is 1. The number of thiophene rings is 1. The second-order valence-corrected chi connectivity index (χ2v) is 9.11. The number of ether oxygens (including phenoxy) is 3. The Morgan fingerprint density at radius 1 is 1.09 bits per heavy atom. The maximum atomic E-state index is 13.3. The molecule has 35 heavy (non-hydrogen) atoms. The first-order chi connectivity index (χ1) is 17.0. The fourth-order valence-electron chi connectivity index (χ4n) is 4.41. The lowest BCUT2D eigenvalue weighted by atomic mass is 10.1. The summed E-state index contributed by atoms with van der Waals surface area (Å²) < 4.78 is 17.7. The molecule has 0 saturated carbocycles. The minimum atomic E-state index is -0.346. The van der Waals surface area contributed by atoms with Crippen LogP contribution in [0.25, 0.3) is 0 Å². The molecule has 0 saturated heterocycles. The second-order valence-electron chi connectivity index (χ2n) is 8.33. The third kappa shape index (κ3) is 4.74. The van der Waals surface area contributed by atoms with Gasteiger partial charge >= 0.3 is 0 Å². The highest BCUT2D eigenvalue weighted by atomic mass is 32.1. The smallest absolute Gasteiger partial charge is 0.257 e. The van der Waals surface area contributed by atoms with E-state index in [-0.39, 0.29) is 36.5 Å². The highest BCUT2D eigenvalue weighted by molar-refractivity contribution is 7.08. The lowest BCUT2D eigenvalue weighted by Gasteiger charge is -2.19. The van der Waals surface area contributed by atoms with Gasteiger partial charge in [-0.25, -0.2) is 0 Å². The molecule has 182 valence electrons. The molecule has 2 aliphatic rings. The zero-order valence-electron chi connectivity index (χ0n) is 19.2. The van der Waals surface area contributed by atoms with Crippen LogP contribution in [0.5, 0.6) is 17.2 Å². The highest BCUT2D eigenvalue weighted by Gasteiger charge is 2.27. The maximum absolute atomic E-state index is 13.3. The normalized spacial score (nSPS) is 14.3. The minimum absolute atomic E-state index is 0.00466. The molecular formula is C25H25N3O6S. The van der Waals surface area contributed by atoms with E-state index in [4.69, 9.17) is 14.2 Å². The van der Waals surface area contributed by atoms with Crippen LogP contribution in [0, 0.1) is 0 Å². The maximum Gasteiger partial charge on any atom is 0.257 e. The topological polar surface area (TPSA) is 99.1 Å². The largest absolute Gasteiger partial charge is 0.496 e. The van der Waals surface area contributed by atoms with Crippen molar-refractivity contribution >= 4 is 23.2 Å². The van der Waals surface area contributed by atoms with Crippen LogP contribution in [0.1, 0.15) is 27.2 Å². The molecule has 0 unspecified atom stereocenters. The lowest BCUT2D eigenvalue weighted by Crippen LogP contribution is -2.35. The van der Waals surface area contributed by atoms with Crippen molar-refractivity contribution in [1.82, 2.24) is 14.8 Å². The average molecular weight is 496 g/mol. The second kappa shape index (κ2) is 9.83. The SMILES string of the molecule is COc1cc(=O)n2c(c1C(=O)NCc1ccc3c(c1)OCO3)CCN(C(=O)Cc1ccsc1)CC2. The molecule has 0 bridgehead atoms. The van der Waals surface area contributed by atoms with Crippen molar-refractivity contribution in [2.75, 3.05) is 27.0 Å². The predicted octanol–water partition coefficient (Wildman–Crippen LogP) is 2.20. The van der Waals surface area contributed by atoms with Crippen LogP contribution in [0.3, 0.4) is 0 Å². The molecule has 0 fully saturated rings. The molecule has 1 N–H and O–H groups in total. The van der Waals surface area contributed by atoms with Crippen molar-refractivity contribution in [2.24, 2.45) is 0 Å². The number of aromatic nitrogens is 1. The van der Waals surface area contributed by atoms with Gasteiger partial charge in [0.2, 0.25) is 12.7 Å². The summed E-state index contributed by atoms with van der Waals surface area (Å²) >= 11 is 1.55. The summed E-state index contributed by atoms with van der Waals surface area (Å²) in [6.45, 7) is 1.58. The van der Waals surface area contributed by atoms with Crippen molar-refractivity contribution in [2.45, 2.75) is 25.9 Å². The number of benzene rings is 1. The summed E-state index contributed by atoms with van der Waals surface area (Å²) in [7, 11) is 1.44. The Labute approximate surface area is 205 Å². The van der Waals surface area contributed by atoms with Gasteiger partial charge in [-0.05, 0) is 40.1 Å². The van der Waals surface area contributed by atoms with Gasteiger partial charge in [0.15, 0.2) is 11.5 Å². The van der Waals surface area contributed by atoms with E-state index < -0.39 is 0 Å². The van der Waals surface area contributed by atoms with Gasteiger partial charge in [0.25, 0.3) is 11.5 Å². The highest BCUT2D eigenvalue weighted by Crippen LogP contribution is 2.32. The molecule has 2 aromatic heterocycles. The van der Waals surface area contributed by atoms with Crippen molar-refractivity contribution in [3.8, 4) is 17.2 Å². The summed E-state index contributed by atoms with van der Waals surface area (Å²) in [6, 6.07) is 8.76. The number of amides is 2. The lowest BCUT2D eigenvalue weighted by molar-refractivity contribution is -0.130. The summed E-state index contributed by atoms with van der Waals surface area (Å²) in [6.07, 6.45) is 0.690. The Bertz CT molecular complexity index is 1320. The molecule has 2 aliphatic heterocycles. The van der Waals surface area contributed by atoms with Crippen LogP contribution in [0.4, 0.5) is 0 Å². The molecule has 0 spiro atoms. The van der Waals surface area contributed by atoms with Crippen LogP contribution in [-0.2, 0) is 30.7 Å². The standard InChI is InChI=1S/C25H25N3O6S/c1-32-21-12-23(30)28-8-7-27(22(29)11-17-5-9-35-14-17)6-4-18(28)24(21)25(31)26-13-16-2-3-19-20(10-16)34-15-33-19/h2-3,5,9-10,12,14H,4,6-8,11,13,15H2,1H3,(H,26,31). The average Bonchev–Trinajstić information content (AvgIpc) is 3.49. The van der Waals surface area contributed by atoms with Gasteiger partial charge < -0.3 is 29.0 Å². The van der Waals surface area contributed by atoms with Gasteiger partial charge in [0, 0.05) is 44.4 Å². The Kier molecular flexibility index (Phi) is 6.45. The molecule has 1 aromatic carbocycles. The molecular weight excluding hydrogens is 470 g/mol. The summed E-state index contributed by atoms with van der Waals surface area (Å²) in [4.78, 5) is 40.7. The van der Waals surface area contributed by atoms with E-state index in [1.165, 1.54) is 13.2 Å². The Balaban J connectivity index is 1.35. The third-order valence-corrected chi connectivity index (χ3v) is 6.95. The molecule has 3 aromatic rings. The van der Waals surface area contributed by atoms with Crippen molar-refractivity contribution < 1.29 is 23.8 Å². The first-order valence-electron chi connectivity index (χ1n) is 11.3. The molecule has 10 heteroatoms. The molecule has 2 amide bonds. The first kappa shape index (κ1) is 23.0. The van der Waals surface area contributed by atoms with Gasteiger partial charge in [0.1, 0.15) is 11.3 Å². The van der Waals surface area contributed by atoms with E-state index in [0.29, 0.717) is 55.2 Å². The van der Waals surface area contributed by atoms with Crippen molar-refractivity contribution in [3.63, 3.8) is 0 Å². The van der Waals surface area contributed by atoms with Gasteiger partial charge in [-0.3, -0.25) is 14.4 Å². The third-order valence-electron chi connectivity index (χ3n) is 6.22. The van der Waals surface area contributed by atoms with E-state index in [9.17, 15) is 14.4 Å². The van der Waals surface area contributed by atoms with E-state index in [1.807, 2.05) is 29.0 Å².